The first-order valence-electron chi connectivity index (χ1n) is 9.77. The van der Waals surface area contributed by atoms with E-state index in [0.29, 0.717) is 22.4 Å². The SMILES string of the molecule is Cc1cc(S(=O)(=O)c2ccc(-c3ccccc3-c3nn[nH]n3)cc2)c2ccccc2[n+]1[O-]. The van der Waals surface area contributed by atoms with Crippen molar-refractivity contribution in [1.82, 2.24) is 20.6 Å². The second-order valence-corrected chi connectivity index (χ2v) is 9.19. The monoisotopic (exact) mass is 443 g/mol. The molecule has 0 amide bonds. The molecule has 0 aliphatic carbocycles. The molecular formula is C23H17N5O3S. The molecule has 2 heterocycles. The summed E-state index contributed by atoms with van der Waals surface area (Å²) in [7, 11) is -3.85. The highest BCUT2D eigenvalue weighted by molar-refractivity contribution is 7.91. The van der Waals surface area contributed by atoms with Gasteiger partial charge in [-0.2, -0.15) is 9.94 Å². The van der Waals surface area contributed by atoms with Crippen molar-refractivity contribution in [2.24, 2.45) is 0 Å². The Morgan fingerprint density at radius 3 is 2.31 bits per heavy atom. The van der Waals surface area contributed by atoms with Crippen LogP contribution in [0.2, 0.25) is 0 Å². The fourth-order valence-corrected chi connectivity index (χ4v) is 5.28. The van der Waals surface area contributed by atoms with Gasteiger partial charge in [0.05, 0.1) is 15.2 Å². The highest BCUT2D eigenvalue weighted by Crippen LogP contribution is 2.32. The van der Waals surface area contributed by atoms with Crippen molar-refractivity contribution in [3.63, 3.8) is 0 Å². The summed E-state index contributed by atoms with van der Waals surface area (Å²) in [5.74, 6) is 0.453. The number of aromatic amines is 1. The topological polar surface area (TPSA) is 116 Å². The number of hydrogen-bond donors (Lipinski definition) is 1. The Balaban J connectivity index is 1.61. The van der Waals surface area contributed by atoms with Gasteiger partial charge in [0.25, 0.3) is 0 Å². The Kier molecular flexibility index (Phi) is 4.67. The number of para-hydroxylation sites is 1. The smallest absolute Gasteiger partial charge is 0.225 e. The van der Waals surface area contributed by atoms with Crippen molar-refractivity contribution in [2.75, 3.05) is 0 Å². The number of aromatic nitrogens is 5. The van der Waals surface area contributed by atoms with E-state index < -0.39 is 9.84 Å². The highest BCUT2D eigenvalue weighted by atomic mass is 32.2. The van der Waals surface area contributed by atoms with E-state index in [4.69, 9.17) is 0 Å². The minimum Gasteiger partial charge on any atom is -0.618 e. The van der Waals surface area contributed by atoms with Crippen LogP contribution < -0.4 is 4.73 Å². The van der Waals surface area contributed by atoms with E-state index in [1.807, 2.05) is 24.3 Å². The van der Waals surface area contributed by atoms with Crippen molar-refractivity contribution < 1.29 is 13.1 Å². The van der Waals surface area contributed by atoms with E-state index in [0.717, 1.165) is 21.4 Å². The number of tetrazole rings is 1. The summed E-state index contributed by atoms with van der Waals surface area (Å²) in [5.41, 5.74) is 3.08. The summed E-state index contributed by atoms with van der Waals surface area (Å²) >= 11 is 0. The molecule has 32 heavy (non-hydrogen) atoms. The van der Waals surface area contributed by atoms with Crippen LogP contribution in [0.4, 0.5) is 0 Å². The van der Waals surface area contributed by atoms with E-state index >= 15 is 0 Å². The summed E-state index contributed by atoms with van der Waals surface area (Å²) in [6.07, 6.45) is 0. The molecule has 3 aromatic carbocycles. The maximum Gasteiger partial charge on any atom is 0.225 e. The van der Waals surface area contributed by atoms with Crippen LogP contribution in [0.1, 0.15) is 5.69 Å². The van der Waals surface area contributed by atoms with Crippen LogP contribution in [0.25, 0.3) is 33.4 Å². The van der Waals surface area contributed by atoms with Crippen LogP contribution in [-0.2, 0) is 9.84 Å². The summed E-state index contributed by atoms with van der Waals surface area (Å²) in [6.45, 7) is 1.59. The molecule has 0 spiro atoms. The molecule has 0 saturated heterocycles. The van der Waals surface area contributed by atoms with Crippen LogP contribution in [0, 0.1) is 12.1 Å². The van der Waals surface area contributed by atoms with Crippen LogP contribution in [0.5, 0.6) is 0 Å². The van der Waals surface area contributed by atoms with Crippen molar-refractivity contribution >= 4 is 20.7 Å². The molecule has 0 saturated carbocycles. The third-order valence-electron chi connectivity index (χ3n) is 5.33. The third-order valence-corrected chi connectivity index (χ3v) is 7.14. The molecule has 0 radical (unpaired) electrons. The molecule has 0 aliphatic heterocycles. The van der Waals surface area contributed by atoms with Gasteiger partial charge in [-0.3, -0.25) is 0 Å². The number of sulfone groups is 1. The highest BCUT2D eigenvalue weighted by Gasteiger charge is 2.25. The van der Waals surface area contributed by atoms with E-state index in [1.54, 1.807) is 55.5 Å². The van der Waals surface area contributed by atoms with Gasteiger partial charge < -0.3 is 5.21 Å². The van der Waals surface area contributed by atoms with Crippen molar-refractivity contribution in [2.45, 2.75) is 16.7 Å². The third kappa shape index (κ3) is 3.19. The summed E-state index contributed by atoms with van der Waals surface area (Å²) in [6, 6.07) is 22.3. The van der Waals surface area contributed by atoms with Gasteiger partial charge in [-0.1, -0.05) is 48.5 Å². The van der Waals surface area contributed by atoms with Gasteiger partial charge in [0.15, 0.2) is 5.69 Å². The molecule has 9 heteroatoms. The lowest BCUT2D eigenvalue weighted by atomic mass is 9.99. The van der Waals surface area contributed by atoms with Crippen LogP contribution in [-0.4, -0.2) is 29.0 Å². The predicted molar refractivity (Wildman–Crippen MR) is 118 cm³/mol. The Labute approximate surface area is 183 Å². The van der Waals surface area contributed by atoms with Crippen molar-refractivity contribution in [3.8, 4) is 22.5 Å². The van der Waals surface area contributed by atoms with Crippen LogP contribution in [0.15, 0.2) is 88.7 Å². The number of benzene rings is 3. The van der Waals surface area contributed by atoms with E-state index in [9.17, 15) is 13.6 Å². The van der Waals surface area contributed by atoms with Gasteiger partial charge in [-0.25, -0.2) is 8.42 Å². The summed E-state index contributed by atoms with van der Waals surface area (Å²) in [4.78, 5) is 0.254. The lowest BCUT2D eigenvalue weighted by molar-refractivity contribution is -0.584. The molecule has 0 fully saturated rings. The number of nitrogens with one attached hydrogen (secondary N) is 1. The molecule has 0 bridgehead atoms. The van der Waals surface area contributed by atoms with Gasteiger partial charge in [-0.15, -0.1) is 10.2 Å². The Morgan fingerprint density at radius 2 is 1.59 bits per heavy atom. The van der Waals surface area contributed by atoms with Gasteiger partial charge in [0.1, 0.15) is 0 Å². The molecule has 0 unspecified atom stereocenters. The van der Waals surface area contributed by atoms with E-state index in [-0.39, 0.29) is 9.79 Å². The number of hydrogen-bond acceptors (Lipinski definition) is 6. The van der Waals surface area contributed by atoms with Crippen LogP contribution >= 0.6 is 0 Å². The van der Waals surface area contributed by atoms with Crippen LogP contribution in [0.3, 0.4) is 0 Å². The molecule has 0 aliphatic rings. The quantitative estimate of drug-likeness (QED) is 0.336. The number of aryl methyl sites for hydroxylation is 1. The number of nitrogens with zero attached hydrogens (tertiary/aromatic N) is 4. The molecule has 5 aromatic rings. The van der Waals surface area contributed by atoms with Gasteiger partial charge >= 0.3 is 0 Å². The van der Waals surface area contributed by atoms with Gasteiger partial charge in [0, 0.05) is 24.6 Å². The van der Waals surface area contributed by atoms with E-state index in [1.165, 1.54) is 6.07 Å². The first-order valence-corrected chi connectivity index (χ1v) is 11.3. The molecular weight excluding hydrogens is 426 g/mol. The first kappa shape index (κ1) is 19.8. The van der Waals surface area contributed by atoms with Crippen molar-refractivity contribution in [3.05, 3.63) is 89.8 Å². The minimum atomic E-state index is -3.85. The standard InChI is InChI=1S/C23H17N5O3S/c1-15-14-22(20-8-4-5-9-21(20)28(15)29)32(30,31)17-12-10-16(11-13-17)18-6-2-3-7-19(18)23-24-26-27-25-23/h2-14H,1H3,(H,24,25,26,27). The average Bonchev–Trinajstić information content (AvgIpc) is 3.36. The normalized spacial score (nSPS) is 11.7. The zero-order valence-corrected chi connectivity index (χ0v) is 17.7. The van der Waals surface area contributed by atoms with E-state index in [2.05, 4.69) is 20.6 Å². The molecule has 8 nitrogen and oxygen atoms in total. The number of rotatable bonds is 4. The largest absolute Gasteiger partial charge is 0.618 e. The number of H-pyrrole nitrogens is 1. The summed E-state index contributed by atoms with van der Waals surface area (Å²) < 4.78 is 27.7. The predicted octanol–water partition coefficient (Wildman–Crippen LogP) is 3.46. The average molecular weight is 443 g/mol. The molecule has 158 valence electrons. The fraction of sp³-hybridized carbons (Fsp3) is 0.0435. The molecule has 2 aromatic heterocycles. The summed E-state index contributed by atoms with van der Waals surface area (Å²) in [5, 5.41) is 26.9. The maximum atomic E-state index is 13.5. The minimum absolute atomic E-state index is 0.109. The molecule has 1 N–H and O–H groups in total. The second kappa shape index (κ2) is 7.54. The number of fused-ring (bicyclic) bond motifs is 1. The molecule has 5 rings (SSSR count). The lowest BCUT2D eigenvalue weighted by Gasteiger charge is -2.12. The lowest BCUT2D eigenvalue weighted by Crippen LogP contribution is -2.31. The zero-order valence-electron chi connectivity index (χ0n) is 16.9. The Morgan fingerprint density at radius 1 is 0.906 bits per heavy atom. The first-order chi connectivity index (χ1) is 15.5. The fourth-order valence-electron chi connectivity index (χ4n) is 3.74. The van der Waals surface area contributed by atoms with Gasteiger partial charge in [-0.05, 0) is 34.5 Å². The second-order valence-electron chi connectivity index (χ2n) is 7.27. The van der Waals surface area contributed by atoms with Gasteiger partial charge in [0.2, 0.25) is 21.2 Å². The number of pyridine rings is 1. The zero-order chi connectivity index (χ0) is 22.3. The Bertz CT molecular complexity index is 1550. The molecule has 0 atom stereocenters. The maximum absolute atomic E-state index is 13.5. The Hall–Kier alpha value is -4.11. The van der Waals surface area contributed by atoms with Crippen molar-refractivity contribution in [1.29, 1.82) is 0 Å².